The zero-order valence-corrected chi connectivity index (χ0v) is 35.7. The number of unbranched alkanes of at least 4 members (excludes halogenated alkanes) is 20. The van der Waals surface area contributed by atoms with Crippen LogP contribution in [0.4, 0.5) is 0 Å². The van der Waals surface area contributed by atoms with Crippen molar-refractivity contribution in [3.8, 4) is 0 Å². The highest BCUT2D eigenvalue weighted by Gasteiger charge is 2.17. The Balaban J connectivity index is 4.23. The van der Waals surface area contributed by atoms with Gasteiger partial charge in [0.2, 0.25) is 0 Å². The Hall–Kier alpha value is -2.40. The largest absolute Gasteiger partial charge is 0.462 e. The van der Waals surface area contributed by atoms with E-state index in [0.29, 0.717) is 19.4 Å². The van der Waals surface area contributed by atoms with Crippen LogP contribution >= 0.6 is 0 Å². The van der Waals surface area contributed by atoms with E-state index in [4.69, 9.17) is 14.2 Å². The summed E-state index contributed by atoms with van der Waals surface area (Å²) < 4.78 is 17.2. The molecular weight excluding hydrogens is 669 g/mol. The van der Waals surface area contributed by atoms with Gasteiger partial charge >= 0.3 is 11.9 Å². The number of carbonyl (C=O) groups excluding carboxylic acids is 2. The van der Waals surface area contributed by atoms with E-state index in [1.165, 1.54) is 83.5 Å². The summed E-state index contributed by atoms with van der Waals surface area (Å²) >= 11 is 0. The predicted octanol–water partition coefficient (Wildman–Crippen LogP) is 15.0. The molecule has 0 saturated heterocycles. The Morgan fingerprint density at radius 2 is 0.833 bits per heavy atom. The summed E-state index contributed by atoms with van der Waals surface area (Å²) in [7, 11) is 0. The van der Waals surface area contributed by atoms with Crippen LogP contribution < -0.4 is 0 Å². The van der Waals surface area contributed by atoms with Crippen molar-refractivity contribution >= 4 is 11.9 Å². The minimum atomic E-state index is -0.551. The number of carbonyl (C=O) groups is 2. The second-order valence-corrected chi connectivity index (χ2v) is 14.9. The molecule has 0 amide bonds. The van der Waals surface area contributed by atoms with Gasteiger partial charge in [-0.2, -0.15) is 0 Å². The van der Waals surface area contributed by atoms with Gasteiger partial charge in [-0.25, -0.2) is 0 Å². The molecule has 0 aromatic rings. The molecule has 0 saturated carbocycles. The molecular formula is C49H86O5. The van der Waals surface area contributed by atoms with Crippen LogP contribution in [0, 0.1) is 0 Å². The van der Waals surface area contributed by atoms with Gasteiger partial charge in [0, 0.05) is 19.4 Å². The fourth-order valence-corrected chi connectivity index (χ4v) is 6.14. The molecule has 0 aliphatic carbocycles. The van der Waals surface area contributed by atoms with Gasteiger partial charge in [0.25, 0.3) is 0 Å². The predicted molar refractivity (Wildman–Crippen MR) is 233 cm³/mol. The van der Waals surface area contributed by atoms with Gasteiger partial charge in [-0.1, -0.05) is 178 Å². The first-order valence-electron chi connectivity index (χ1n) is 22.8. The Morgan fingerprint density at radius 1 is 0.426 bits per heavy atom. The summed E-state index contributed by atoms with van der Waals surface area (Å²) in [6.45, 7) is 7.59. The van der Waals surface area contributed by atoms with Crippen LogP contribution in [0.5, 0.6) is 0 Å². The van der Waals surface area contributed by atoms with E-state index in [-0.39, 0.29) is 25.2 Å². The number of esters is 2. The summed E-state index contributed by atoms with van der Waals surface area (Å²) in [4.78, 5) is 25.1. The molecule has 0 aliphatic rings. The van der Waals surface area contributed by atoms with Crippen LogP contribution in [0.25, 0.3) is 0 Å². The first kappa shape index (κ1) is 51.6. The van der Waals surface area contributed by atoms with Gasteiger partial charge in [0.05, 0.1) is 6.61 Å². The maximum absolute atomic E-state index is 12.6. The highest BCUT2D eigenvalue weighted by Crippen LogP contribution is 2.13. The van der Waals surface area contributed by atoms with Crippen molar-refractivity contribution < 1.29 is 23.8 Å². The molecule has 0 aromatic carbocycles. The summed E-state index contributed by atoms with van der Waals surface area (Å²) in [5.41, 5.74) is 0. The van der Waals surface area contributed by atoms with Crippen molar-refractivity contribution in [1.29, 1.82) is 0 Å². The number of ether oxygens (including phenoxy) is 3. The zero-order valence-electron chi connectivity index (χ0n) is 35.7. The Kier molecular flexibility index (Phi) is 43.0. The van der Waals surface area contributed by atoms with Crippen LogP contribution in [-0.4, -0.2) is 37.9 Å². The summed E-state index contributed by atoms with van der Waals surface area (Å²) in [5, 5.41) is 0. The van der Waals surface area contributed by atoms with E-state index in [1.807, 2.05) is 0 Å². The molecule has 0 aromatic heterocycles. The van der Waals surface area contributed by atoms with Crippen molar-refractivity contribution in [1.82, 2.24) is 0 Å². The Labute approximate surface area is 334 Å². The highest BCUT2D eigenvalue weighted by molar-refractivity contribution is 5.70. The average molecular weight is 755 g/mol. The Bertz CT molecular complexity index is 946. The van der Waals surface area contributed by atoms with Crippen LogP contribution in [0.15, 0.2) is 60.8 Å². The van der Waals surface area contributed by atoms with E-state index in [2.05, 4.69) is 81.5 Å². The average Bonchev–Trinajstić information content (AvgIpc) is 3.17. The van der Waals surface area contributed by atoms with Crippen molar-refractivity contribution in [2.45, 2.75) is 219 Å². The lowest BCUT2D eigenvalue weighted by Crippen LogP contribution is -2.30. The topological polar surface area (TPSA) is 61.8 Å². The van der Waals surface area contributed by atoms with Crippen LogP contribution in [0.1, 0.15) is 213 Å². The molecule has 54 heavy (non-hydrogen) atoms. The van der Waals surface area contributed by atoms with Gasteiger partial charge in [-0.3, -0.25) is 9.59 Å². The second-order valence-electron chi connectivity index (χ2n) is 14.9. The number of rotatable bonds is 41. The lowest BCUT2D eigenvalue weighted by Gasteiger charge is -2.18. The maximum Gasteiger partial charge on any atom is 0.306 e. The van der Waals surface area contributed by atoms with Crippen molar-refractivity contribution in [3.05, 3.63) is 60.8 Å². The van der Waals surface area contributed by atoms with Crippen molar-refractivity contribution in [2.24, 2.45) is 0 Å². The van der Waals surface area contributed by atoms with Gasteiger partial charge in [0.1, 0.15) is 6.61 Å². The molecule has 1 unspecified atom stereocenters. The third-order valence-electron chi connectivity index (χ3n) is 9.54. The minimum Gasteiger partial charge on any atom is -0.462 e. The normalized spacial score (nSPS) is 12.7. The quantitative estimate of drug-likeness (QED) is 0.0353. The van der Waals surface area contributed by atoms with Gasteiger partial charge in [-0.15, -0.1) is 0 Å². The van der Waals surface area contributed by atoms with E-state index < -0.39 is 6.10 Å². The molecule has 0 bridgehead atoms. The van der Waals surface area contributed by atoms with E-state index in [0.717, 1.165) is 96.3 Å². The fourth-order valence-electron chi connectivity index (χ4n) is 6.14. The highest BCUT2D eigenvalue weighted by atomic mass is 16.6. The van der Waals surface area contributed by atoms with Crippen LogP contribution in [-0.2, 0) is 23.8 Å². The molecule has 0 radical (unpaired) electrons. The number of hydrogen-bond acceptors (Lipinski definition) is 5. The van der Waals surface area contributed by atoms with Crippen molar-refractivity contribution in [2.75, 3.05) is 19.8 Å². The maximum atomic E-state index is 12.6. The standard InChI is InChI=1S/C49H86O5/c1-4-7-10-13-16-18-20-22-24-26-28-30-32-35-38-41-44-52-45-47(54-49(51)43-40-37-33-15-12-9-6-3)46-53-48(50)42-39-36-34-31-29-27-25-23-21-19-17-14-11-8-5-2/h7,10,16,18,22-25,28,30,47H,4-6,8-9,11-15,17,19-21,26-27,29,31-46H2,1-3H3/b10-7-,18-16-,24-22-,25-23-,30-28-. The zero-order chi connectivity index (χ0) is 39.3. The van der Waals surface area contributed by atoms with E-state index >= 15 is 0 Å². The van der Waals surface area contributed by atoms with Gasteiger partial charge in [0.15, 0.2) is 6.10 Å². The van der Waals surface area contributed by atoms with E-state index in [1.54, 1.807) is 0 Å². The molecule has 1 atom stereocenters. The molecule has 5 heteroatoms. The number of hydrogen-bond donors (Lipinski definition) is 0. The van der Waals surface area contributed by atoms with Gasteiger partial charge < -0.3 is 14.2 Å². The lowest BCUT2D eigenvalue weighted by atomic mass is 10.1. The minimum absolute atomic E-state index is 0.0680. The first-order chi connectivity index (χ1) is 26.6. The summed E-state index contributed by atoms with van der Waals surface area (Å²) in [6.07, 6.45) is 55.2. The van der Waals surface area contributed by atoms with E-state index in [9.17, 15) is 9.59 Å². The molecule has 0 aliphatic heterocycles. The SMILES string of the molecule is CC/C=C\C/C=C\C/C=C\C/C=C\CCCCCOCC(COC(=O)CCCCCCC/C=C\CCCCCCCC)OC(=O)CCCCCCCCC. The monoisotopic (exact) mass is 755 g/mol. The molecule has 0 fully saturated rings. The van der Waals surface area contributed by atoms with Crippen LogP contribution in [0.2, 0.25) is 0 Å². The molecule has 0 N–H and O–H groups in total. The second kappa shape index (κ2) is 45.0. The smallest absolute Gasteiger partial charge is 0.306 e. The summed E-state index contributed by atoms with van der Waals surface area (Å²) in [6, 6.07) is 0. The molecule has 0 heterocycles. The first-order valence-corrected chi connectivity index (χ1v) is 22.8. The molecule has 0 rings (SSSR count). The van der Waals surface area contributed by atoms with Crippen molar-refractivity contribution in [3.63, 3.8) is 0 Å². The Morgan fingerprint density at radius 3 is 1.35 bits per heavy atom. The third kappa shape index (κ3) is 42.3. The number of allylic oxidation sites excluding steroid dienone is 10. The third-order valence-corrected chi connectivity index (χ3v) is 9.54. The molecule has 5 nitrogen and oxygen atoms in total. The van der Waals surface area contributed by atoms with Gasteiger partial charge in [-0.05, 0) is 83.5 Å². The molecule has 0 spiro atoms. The summed E-state index contributed by atoms with van der Waals surface area (Å²) in [5.74, 6) is -0.431. The fraction of sp³-hybridized carbons (Fsp3) is 0.755. The van der Waals surface area contributed by atoms with Crippen LogP contribution in [0.3, 0.4) is 0 Å². The lowest BCUT2D eigenvalue weighted by molar-refractivity contribution is -0.163. The molecule has 312 valence electrons.